The van der Waals surface area contributed by atoms with E-state index in [1.54, 1.807) is 23.1 Å². The van der Waals surface area contributed by atoms with Gasteiger partial charge in [-0.25, -0.2) is 4.98 Å². The SMILES string of the molecule is O=c1c2c3c(sc2nc(SCCCCCO)n1CC1CCCO1)CCCC3. The van der Waals surface area contributed by atoms with E-state index in [0.717, 1.165) is 72.7 Å². The first-order valence-corrected chi connectivity index (χ1v) is 12.0. The number of aromatic nitrogens is 2. The van der Waals surface area contributed by atoms with Crippen LogP contribution in [0.25, 0.3) is 10.2 Å². The normalized spacial score (nSPS) is 19.7. The van der Waals surface area contributed by atoms with Gasteiger partial charge >= 0.3 is 0 Å². The second-order valence-corrected chi connectivity index (χ2v) is 9.61. The number of thioether (sulfide) groups is 1. The molecule has 1 aliphatic heterocycles. The fraction of sp³-hybridized carbons (Fsp3) is 0.700. The molecular formula is C20H28N2O3S2. The summed E-state index contributed by atoms with van der Waals surface area (Å²) in [6, 6.07) is 0. The molecule has 4 rings (SSSR count). The summed E-state index contributed by atoms with van der Waals surface area (Å²) in [6.07, 6.45) is 9.60. The first-order chi connectivity index (χ1) is 13.3. The van der Waals surface area contributed by atoms with Gasteiger partial charge in [0, 0.05) is 23.8 Å². The van der Waals surface area contributed by atoms with Crippen LogP contribution in [0.3, 0.4) is 0 Å². The summed E-state index contributed by atoms with van der Waals surface area (Å²) >= 11 is 3.40. The molecule has 2 aliphatic rings. The largest absolute Gasteiger partial charge is 0.396 e. The van der Waals surface area contributed by atoms with Gasteiger partial charge in [0.25, 0.3) is 5.56 Å². The van der Waals surface area contributed by atoms with Crippen LogP contribution in [-0.4, -0.2) is 39.7 Å². The van der Waals surface area contributed by atoms with Crippen molar-refractivity contribution < 1.29 is 9.84 Å². The lowest BCUT2D eigenvalue weighted by Crippen LogP contribution is -2.29. The number of unbranched alkanes of at least 4 members (excludes halogenated alkanes) is 2. The van der Waals surface area contributed by atoms with E-state index in [4.69, 9.17) is 14.8 Å². The van der Waals surface area contributed by atoms with Gasteiger partial charge in [0.15, 0.2) is 5.16 Å². The number of hydrogen-bond acceptors (Lipinski definition) is 6. The molecule has 1 N–H and O–H groups in total. The van der Waals surface area contributed by atoms with Crippen molar-refractivity contribution in [1.29, 1.82) is 0 Å². The summed E-state index contributed by atoms with van der Waals surface area (Å²) in [7, 11) is 0. The molecule has 1 aliphatic carbocycles. The Hall–Kier alpha value is -0.890. The smallest absolute Gasteiger partial charge is 0.263 e. The van der Waals surface area contributed by atoms with Gasteiger partial charge in [0.1, 0.15) is 4.83 Å². The van der Waals surface area contributed by atoms with Crippen LogP contribution in [-0.2, 0) is 24.1 Å². The molecule has 0 amide bonds. The predicted molar refractivity (Wildman–Crippen MR) is 111 cm³/mol. The average Bonchev–Trinajstić information content (AvgIpc) is 3.31. The molecule has 27 heavy (non-hydrogen) atoms. The maximum Gasteiger partial charge on any atom is 0.263 e. The lowest BCUT2D eigenvalue weighted by Gasteiger charge is -2.16. The highest BCUT2D eigenvalue weighted by atomic mass is 32.2. The maximum atomic E-state index is 13.4. The number of aliphatic hydroxyl groups excluding tert-OH is 1. The summed E-state index contributed by atoms with van der Waals surface area (Å²) in [4.78, 5) is 20.7. The minimum Gasteiger partial charge on any atom is -0.396 e. The van der Waals surface area contributed by atoms with Crippen molar-refractivity contribution in [2.75, 3.05) is 19.0 Å². The molecule has 2 aromatic heterocycles. The van der Waals surface area contributed by atoms with Crippen LogP contribution in [0, 0.1) is 0 Å². The molecule has 0 radical (unpaired) electrons. The first-order valence-electron chi connectivity index (χ1n) is 10.2. The Balaban J connectivity index is 1.66. The Kier molecular flexibility index (Phi) is 6.53. The first kappa shape index (κ1) is 19.4. The van der Waals surface area contributed by atoms with Gasteiger partial charge in [-0.15, -0.1) is 11.3 Å². The topological polar surface area (TPSA) is 64.3 Å². The predicted octanol–water partition coefficient (Wildman–Crippen LogP) is 3.77. The van der Waals surface area contributed by atoms with Crippen LogP contribution in [0.5, 0.6) is 0 Å². The fourth-order valence-electron chi connectivity index (χ4n) is 4.04. The van der Waals surface area contributed by atoms with Crippen LogP contribution in [0.15, 0.2) is 9.95 Å². The van der Waals surface area contributed by atoms with Crippen LogP contribution in [0.1, 0.15) is 55.4 Å². The maximum absolute atomic E-state index is 13.4. The van der Waals surface area contributed by atoms with Gasteiger partial charge in [-0.1, -0.05) is 18.2 Å². The van der Waals surface area contributed by atoms with Crippen LogP contribution >= 0.6 is 23.1 Å². The Labute approximate surface area is 168 Å². The molecule has 0 aromatic carbocycles. The second kappa shape index (κ2) is 9.07. The van der Waals surface area contributed by atoms with Gasteiger partial charge < -0.3 is 9.84 Å². The molecule has 5 nitrogen and oxygen atoms in total. The molecule has 1 saturated heterocycles. The van der Waals surface area contributed by atoms with E-state index in [1.165, 1.54) is 23.3 Å². The van der Waals surface area contributed by atoms with E-state index in [2.05, 4.69) is 0 Å². The zero-order valence-corrected chi connectivity index (χ0v) is 17.4. The molecule has 7 heteroatoms. The summed E-state index contributed by atoms with van der Waals surface area (Å²) in [5.41, 5.74) is 1.40. The second-order valence-electron chi connectivity index (χ2n) is 7.47. The van der Waals surface area contributed by atoms with E-state index in [-0.39, 0.29) is 18.3 Å². The van der Waals surface area contributed by atoms with Crippen molar-refractivity contribution in [3.8, 4) is 0 Å². The standard InChI is InChI=1S/C20H28N2O3S2/c23-10-4-1-5-12-26-20-21-18-17(15-8-2-3-9-16(15)27-18)19(24)22(20)13-14-7-6-11-25-14/h14,23H,1-13H2. The molecule has 1 unspecified atom stereocenters. The Morgan fingerprint density at radius 1 is 1.22 bits per heavy atom. The summed E-state index contributed by atoms with van der Waals surface area (Å²) in [5, 5.41) is 10.7. The van der Waals surface area contributed by atoms with Crippen molar-refractivity contribution in [2.24, 2.45) is 0 Å². The number of nitrogens with zero attached hydrogens (tertiary/aromatic N) is 2. The van der Waals surface area contributed by atoms with E-state index in [9.17, 15) is 4.79 Å². The monoisotopic (exact) mass is 408 g/mol. The molecule has 1 atom stereocenters. The molecule has 2 aromatic rings. The molecule has 0 spiro atoms. The summed E-state index contributed by atoms with van der Waals surface area (Å²) in [6.45, 7) is 1.66. The highest BCUT2D eigenvalue weighted by molar-refractivity contribution is 7.99. The zero-order chi connectivity index (χ0) is 18.6. The highest BCUT2D eigenvalue weighted by Gasteiger charge is 2.24. The molecular weight excluding hydrogens is 380 g/mol. The minimum absolute atomic E-state index is 0.130. The third-order valence-corrected chi connectivity index (χ3v) is 7.73. The van der Waals surface area contributed by atoms with Crippen molar-refractivity contribution in [3.05, 3.63) is 20.8 Å². The quantitative estimate of drug-likeness (QED) is 0.409. The molecule has 148 valence electrons. The fourth-order valence-corrected chi connectivity index (χ4v) is 6.35. The van der Waals surface area contributed by atoms with Crippen molar-refractivity contribution in [3.63, 3.8) is 0 Å². The van der Waals surface area contributed by atoms with Crippen LogP contribution in [0.2, 0.25) is 0 Å². The lowest BCUT2D eigenvalue weighted by atomic mass is 9.97. The van der Waals surface area contributed by atoms with E-state index in [1.807, 2.05) is 4.57 Å². The van der Waals surface area contributed by atoms with Gasteiger partial charge in [-0.2, -0.15) is 0 Å². The van der Waals surface area contributed by atoms with E-state index < -0.39 is 0 Å². The molecule has 3 heterocycles. The lowest BCUT2D eigenvalue weighted by molar-refractivity contribution is 0.0937. The van der Waals surface area contributed by atoms with E-state index in [0.29, 0.717) is 6.54 Å². The number of ether oxygens (including phenoxy) is 1. The van der Waals surface area contributed by atoms with Crippen molar-refractivity contribution in [2.45, 2.75) is 75.6 Å². The Morgan fingerprint density at radius 3 is 2.93 bits per heavy atom. The van der Waals surface area contributed by atoms with Gasteiger partial charge in [-0.3, -0.25) is 9.36 Å². The number of aryl methyl sites for hydroxylation is 2. The zero-order valence-electron chi connectivity index (χ0n) is 15.7. The van der Waals surface area contributed by atoms with Crippen molar-refractivity contribution in [1.82, 2.24) is 9.55 Å². The van der Waals surface area contributed by atoms with Gasteiger partial charge in [0.05, 0.1) is 18.0 Å². The molecule has 1 fully saturated rings. The number of thiophene rings is 1. The number of hydrogen-bond donors (Lipinski definition) is 1. The summed E-state index contributed by atoms with van der Waals surface area (Å²) in [5.74, 6) is 0.925. The minimum atomic E-state index is 0.130. The van der Waals surface area contributed by atoms with Crippen LogP contribution in [0.4, 0.5) is 0 Å². The van der Waals surface area contributed by atoms with Gasteiger partial charge in [0.2, 0.25) is 0 Å². The molecule has 0 bridgehead atoms. The third-order valence-electron chi connectivity index (χ3n) is 5.48. The Bertz CT molecular complexity index is 840. The number of fused-ring (bicyclic) bond motifs is 3. The molecule has 0 saturated carbocycles. The average molecular weight is 409 g/mol. The van der Waals surface area contributed by atoms with Gasteiger partial charge in [-0.05, 0) is 56.9 Å². The van der Waals surface area contributed by atoms with Crippen molar-refractivity contribution >= 4 is 33.3 Å². The Morgan fingerprint density at radius 2 is 2.11 bits per heavy atom. The van der Waals surface area contributed by atoms with Crippen LogP contribution < -0.4 is 5.56 Å². The number of rotatable bonds is 8. The highest BCUT2D eigenvalue weighted by Crippen LogP contribution is 2.35. The number of aliphatic hydroxyl groups is 1. The third kappa shape index (κ3) is 4.26. The van der Waals surface area contributed by atoms with E-state index >= 15 is 0 Å². The summed E-state index contributed by atoms with van der Waals surface area (Å²) < 4.78 is 7.69.